The molecule has 1 aromatic heterocycles. The summed E-state index contributed by atoms with van der Waals surface area (Å²) in [6, 6.07) is 0.655. The van der Waals surface area contributed by atoms with E-state index in [0.29, 0.717) is 6.04 Å². The molecule has 1 atom stereocenters. The Bertz CT molecular complexity index is 575. The molecule has 1 fully saturated rings. The quantitative estimate of drug-likeness (QED) is 0.583. The zero-order valence-corrected chi connectivity index (χ0v) is 18.3. The zero-order valence-electron chi connectivity index (χ0n) is 17.5. The molecule has 0 saturated carbocycles. The lowest BCUT2D eigenvalue weighted by Gasteiger charge is -2.29. The van der Waals surface area contributed by atoms with Crippen molar-refractivity contribution in [2.24, 2.45) is 4.99 Å². The van der Waals surface area contributed by atoms with Gasteiger partial charge >= 0.3 is 0 Å². The largest absolute Gasteiger partial charge is 0.357 e. The molecule has 1 N–H and O–H groups in total. The molecule has 0 aromatic carbocycles. The number of aromatic nitrogens is 1. The van der Waals surface area contributed by atoms with Gasteiger partial charge in [-0.3, -0.25) is 9.89 Å². The molecule has 1 saturated heterocycles. The fraction of sp³-hybridized carbons (Fsp3) is 0.800. The van der Waals surface area contributed by atoms with Crippen molar-refractivity contribution in [2.45, 2.75) is 65.3 Å². The molecule has 2 rings (SSSR count). The Morgan fingerprint density at radius 3 is 2.81 bits per heavy atom. The lowest BCUT2D eigenvalue weighted by molar-refractivity contribution is 0.232. The number of hydrogen-bond acceptors (Lipinski definition) is 4. The van der Waals surface area contributed by atoms with E-state index in [1.807, 2.05) is 0 Å². The molecule has 1 aliphatic rings. The Morgan fingerprint density at radius 2 is 2.19 bits per heavy atom. The highest BCUT2D eigenvalue weighted by molar-refractivity contribution is 7.09. The first-order valence-electron chi connectivity index (χ1n) is 10.0. The number of nitrogens with zero attached hydrogens (tertiary/aromatic N) is 4. The summed E-state index contributed by atoms with van der Waals surface area (Å²) in [5, 5.41) is 6.82. The van der Waals surface area contributed by atoms with Crippen LogP contribution in [0.3, 0.4) is 0 Å². The van der Waals surface area contributed by atoms with Gasteiger partial charge in [0.1, 0.15) is 0 Å². The fourth-order valence-corrected chi connectivity index (χ4v) is 4.43. The van der Waals surface area contributed by atoms with Crippen molar-refractivity contribution in [1.29, 1.82) is 0 Å². The third-order valence-electron chi connectivity index (χ3n) is 4.99. The maximum Gasteiger partial charge on any atom is 0.193 e. The van der Waals surface area contributed by atoms with Crippen LogP contribution in [-0.4, -0.2) is 66.6 Å². The Morgan fingerprint density at radius 1 is 1.42 bits per heavy atom. The smallest absolute Gasteiger partial charge is 0.193 e. The molecule has 148 valence electrons. The van der Waals surface area contributed by atoms with Crippen molar-refractivity contribution < 1.29 is 0 Å². The molecular formula is C20H37N5S. The van der Waals surface area contributed by atoms with Gasteiger partial charge in [0.25, 0.3) is 0 Å². The van der Waals surface area contributed by atoms with Crippen LogP contribution in [0.15, 0.2) is 10.4 Å². The van der Waals surface area contributed by atoms with Gasteiger partial charge in [-0.05, 0) is 32.9 Å². The second-order valence-corrected chi connectivity index (χ2v) is 9.11. The number of rotatable bonds is 7. The van der Waals surface area contributed by atoms with Crippen LogP contribution in [0.1, 0.15) is 58.2 Å². The van der Waals surface area contributed by atoms with Crippen molar-refractivity contribution in [3.05, 3.63) is 16.1 Å². The number of likely N-dealkylation sites (tertiary alicyclic amines) is 1. The van der Waals surface area contributed by atoms with Gasteiger partial charge in [0.2, 0.25) is 0 Å². The Labute approximate surface area is 163 Å². The molecule has 0 bridgehead atoms. The second kappa shape index (κ2) is 9.70. The van der Waals surface area contributed by atoms with E-state index in [9.17, 15) is 0 Å². The van der Waals surface area contributed by atoms with E-state index >= 15 is 0 Å². The maximum atomic E-state index is 4.85. The van der Waals surface area contributed by atoms with Crippen LogP contribution in [0.5, 0.6) is 0 Å². The van der Waals surface area contributed by atoms with E-state index in [1.54, 1.807) is 11.3 Å². The minimum absolute atomic E-state index is 0.125. The molecule has 0 amide bonds. The number of likely N-dealkylation sites (N-methyl/N-ethyl adjacent to an activating group) is 2. The van der Waals surface area contributed by atoms with Gasteiger partial charge in [0, 0.05) is 49.9 Å². The summed E-state index contributed by atoms with van der Waals surface area (Å²) >= 11 is 1.76. The summed E-state index contributed by atoms with van der Waals surface area (Å²) in [6.07, 6.45) is 3.53. The van der Waals surface area contributed by atoms with Gasteiger partial charge < -0.3 is 10.2 Å². The summed E-state index contributed by atoms with van der Waals surface area (Å²) < 4.78 is 0. The number of aliphatic imine (C=N–C) groups is 1. The summed E-state index contributed by atoms with van der Waals surface area (Å²) in [5.41, 5.74) is 1.31. The van der Waals surface area contributed by atoms with E-state index < -0.39 is 0 Å². The molecule has 6 heteroatoms. The van der Waals surface area contributed by atoms with Crippen molar-refractivity contribution in [3.8, 4) is 0 Å². The summed E-state index contributed by atoms with van der Waals surface area (Å²) in [5.74, 6) is 1.02. The number of thiazole rings is 1. The molecular weight excluding hydrogens is 342 g/mol. The first kappa shape index (κ1) is 21.2. The van der Waals surface area contributed by atoms with Gasteiger partial charge in [0.15, 0.2) is 5.96 Å². The first-order valence-corrected chi connectivity index (χ1v) is 10.9. The van der Waals surface area contributed by atoms with E-state index in [0.717, 1.165) is 38.6 Å². The molecule has 5 nitrogen and oxygen atoms in total. The molecule has 2 heterocycles. The SMILES string of the molecule is CCNC(=NCCc1nc(C(C)(C)C)cs1)N(C)CC1CCCN1CC. The molecule has 1 unspecified atom stereocenters. The van der Waals surface area contributed by atoms with Gasteiger partial charge in [-0.15, -0.1) is 11.3 Å². The topological polar surface area (TPSA) is 43.8 Å². The average molecular weight is 380 g/mol. The Hall–Kier alpha value is -1.14. The van der Waals surface area contributed by atoms with Crippen LogP contribution in [0.2, 0.25) is 0 Å². The first-order chi connectivity index (χ1) is 12.3. The molecule has 26 heavy (non-hydrogen) atoms. The highest BCUT2D eigenvalue weighted by Gasteiger charge is 2.25. The predicted octanol–water partition coefficient (Wildman–Crippen LogP) is 3.36. The maximum absolute atomic E-state index is 4.85. The fourth-order valence-electron chi connectivity index (χ4n) is 3.42. The van der Waals surface area contributed by atoms with E-state index in [2.05, 4.69) is 62.2 Å². The minimum atomic E-state index is 0.125. The Balaban J connectivity index is 1.92. The van der Waals surface area contributed by atoms with Gasteiger partial charge in [0.05, 0.1) is 10.7 Å². The minimum Gasteiger partial charge on any atom is -0.357 e. The van der Waals surface area contributed by atoms with Gasteiger partial charge in [-0.1, -0.05) is 27.7 Å². The summed E-state index contributed by atoms with van der Waals surface area (Å²) in [6.45, 7) is 16.1. The average Bonchev–Trinajstić information content (AvgIpc) is 3.22. The van der Waals surface area contributed by atoms with Crippen LogP contribution >= 0.6 is 11.3 Å². The van der Waals surface area contributed by atoms with E-state index in [4.69, 9.17) is 9.98 Å². The summed E-state index contributed by atoms with van der Waals surface area (Å²) in [4.78, 5) is 14.5. The standard InChI is InChI=1S/C20H37N5S/c1-7-21-19(24(6)14-16-10-9-13-25(16)8-2)22-12-11-18-23-17(15-26-18)20(3,4)5/h15-16H,7-14H2,1-6H3,(H,21,22). The van der Waals surface area contributed by atoms with Crippen LogP contribution in [0.4, 0.5) is 0 Å². The predicted molar refractivity (Wildman–Crippen MR) is 113 cm³/mol. The number of nitrogens with one attached hydrogen (secondary N) is 1. The zero-order chi connectivity index (χ0) is 19.2. The third-order valence-corrected chi connectivity index (χ3v) is 5.90. The molecule has 0 spiro atoms. The lowest BCUT2D eigenvalue weighted by atomic mass is 9.93. The molecule has 1 aliphatic heterocycles. The third kappa shape index (κ3) is 5.95. The molecule has 0 radical (unpaired) electrons. The van der Waals surface area contributed by atoms with E-state index in [1.165, 1.54) is 30.1 Å². The van der Waals surface area contributed by atoms with Gasteiger partial charge in [-0.2, -0.15) is 0 Å². The van der Waals surface area contributed by atoms with Crippen molar-refractivity contribution in [3.63, 3.8) is 0 Å². The van der Waals surface area contributed by atoms with Crippen molar-refractivity contribution in [1.82, 2.24) is 20.1 Å². The van der Waals surface area contributed by atoms with Crippen LogP contribution < -0.4 is 5.32 Å². The number of hydrogen-bond donors (Lipinski definition) is 1. The van der Waals surface area contributed by atoms with E-state index in [-0.39, 0.29) is 5.41 Å². The summed E-state index contributed by atoms with van der Waals surface area (Å²) in [7, 11) is 2.16. The van der Waals surface area contributed by atoms with Crippen LogP contribution in [0, 0.1) is 0 Å². The number of guanidine groups is 1. The van der Waals surface area contributed by atoms with Gasteiger partial charge in [-0.25, -0.2) is 4.98 Å². The van der Waals surface area contributed by atoms with Crippen LogP contribution in [0.25, 0.3) is 0 Å². The lowest BCUT2D eigenvalue weighted by Crippen LogP contribution is -2.46. The Kier molecular flexibility index (Phi) is 7.89. The van der Waals surface area contributed by atoms with Crippen LogP contribution in [-0.2, 0) is 11.8 Å². The second-order valence-electron chi connectivity index (χ2n) is 8.17. The van der Waals surface area contributed by atoms with Crippen molar-refractivity contribution >= 4 is 17.3 Å². The molecule has 1 aromatic rings. The van der Waals surface area contributed by atoms with Crippen molar-refractivity contribution in [2.75, 3.05) is 39.8 Å². The molecule has 0 aliphatic carbocycles. The highest BCUT2D eigenvalue weighted by Crippen LogP contribution is 2.24. The normalized spacial score (nSPS) is 19.2. The highest BCUT2D eigenvalue weighted by atomic mass is 32.1. The monoisotopic (exact) mass is 379 g/mol.